The van der Waals surface area contributed by atoms with Crippen molar-refractivity contribution in [3.05, 3.63) is 93.9 Å². The molecule has 2 aromatic heterocycles. The predicted octanol–water partition coefficient (Wildman–Crippen LogP) is 6.38. The van der Waals surface area contributed by atoms with Crippen LogP contribution in [0.1, 0.15) is 22.4 Å². The highest BCUT2D eigenvalue weighted by atomic mass is 32.2. The molecule has 7 rings (SSSR count). The number of hydrogen-bond acceptors (Lipinski definition) is 7. The van der Waals surface area contributed by atoms with Gasteiger partial charge in [-0.2, -0.15) is 5.26 Å². The largest absolute Gasteiger partial charge is 0.469 e. The molecule has 1 fully saturated rings. The number of carbonyl (C=O) groups excluding carboxylic acids is 1. The monoisotopic (exact) mass is 611 g/mol. The second kappa shape index (κ2) is 10.4. The fourth-order valence-corrected chi connectivity index (χ4v) is 8.57. The van der Waals surface area contributed by atoms with E-state index in [1.54, 1.807) is 23.6 Å². The summed E-state index contributed by atoms with van der Waals surface area (Å²) in [4.78, 5) is 14.6. The standard InChI is InChI=1S/C33H26FN3O4S2/c1-41-33(38)23-18-36(19-23)25-7-3-6-22(14-25)32-31(27-12-13-42-30(27)17-35)28-16-24(34)9-11-29(28)37(32)43(39,40)26-10-8-20-4-2-5-21(20)15-26/h3,6-16,23H,2,4-5,18-19H2,1H3. The molecule has 2 aliphatic rings. The number of carbonyl (C=O) groups is 1. The molecule has 7 nitrogen and oxygen atoms in total. The molecule has 43 heavy (non-hydrogen) atoms. The van der Waals surface area contributed by atoms with Crippen LogP contribution < -0.4 is 4.90 Å². The van der Waals surface area contributed by atoms with Gasteiger partial charge in [0.1, 0.15) is 16.8 Å². The summed E-state index contributed by atoms with van der Waals surface area (Å²) in [5, 5.41) is 12.1. The summed E-state index contributed by atoms with van der Waals surface area (Å²) < 4.78 is 50.3. The highest BCUT2D eigenvalue weighted by Gasteiger charge is 2.35. The topological polar surface area (TPSA) is 92.4 Å². The summed E-state index contributed by atoms with van der Waals surface area (Å²) in [5.41, 5.74) is 5.27. The number of anilines is 1. The SMILES string of the molecule is COC(=O)C1CN(c2cccc(-c3c(-c4ccsc4C#N)c4cc(F)ccc4n3S(=O)(=O)c3ccc4c(c3)CCC4)c2)C1. The van der Waals surface area contributed by atoms with E-state index in [-0.39, 0.29) is 16.8 Å². The Hall–Kier alpha value is -4.46. The Morgan fingerprint density at radius 2 is 1.86 bits per heavy atom. The highest BCUT2D eigenvalue weighted by molar-refractivity contribution is 7.90. The smallest absolute Gasteiger partial charge is 0.312 e. The van der Waals surface area contributed by atoms with Gasteiger partial charge in [-0.25, -0.2) is 16.8 Å². The third kappa shape index (κ3) is 4.42. The molecule has 1 aliphatic heterocycles. The average Bonchev–Trinajstić information content (AvgIpc) is 3.72. The van der Waals surface area contributed by atoms with Gasteiger partial charge < -0.3 is 9.64 Å². The lowest BCUT2D eigenvalue weighted by Crippen LogP contribution is -2.50. The van der Waals surface area contributed by atoms with Gasteiger partial charge in [0.15, 0.2) is 0 Å². The van der Waals surface area contributed by atoms with Gasteiger partial charge in [-0.1, -0.05) is 18.2 Å². The van der Waals surface area contributed by atoms with Crippen LogP contribution in [0, 0.1) is 23.1 Å². The molecule has 3 heterocycles. The maximum absolute atomic E-state index is 14.8. The van der Waals surface area contributed by atoms with Gasteiger partial charge >= 0.3 is 5.97 Å². The van der Waals surface area contributed by atoms with Crippen LogP contribution in [0.25, 0.3) is 33.3 Å². The second-order valence-electron chi connectivity index (χ2n) is 10.9. The second-order valence-corrected chi connectivity index (χ2v) is 13.6. The zero-order valence-corrected chi connectivity index (χ0v) is 24.8. The number of benzene rings is 3. The first kappa shape index (κ1) is 27.4. The minimum absolute atomic E-state index is 0.160. The van der Waals surface area contributed by atoms with E-state index in [2.05, 4.69) is 6.07 Å². The van der Waals surface area contributed by atoms with E-state index in [0.717, 1.165) is 36.1 Å². The first-order valence-corrected chi connectivity index (χ1v) is 16.2. The summed E-state index contributed by atoms with van der Waals surface area (Å²) >= 11 is 1.25. The third-order valence-corrected chi connectivity index (χ3v) is 11.0. The molecule has 0 N–H and O–H groups in total. The van der Waals surface area contributed by atoms with Gasteiger partial charge in [0, 0.05) is 40.9 Å². The van der Waals surface area contributed by atoms with Crippen molar-refractivity contribution in [2.24, 2.45) is 5.92 Å². The third-order valence-electron chi connectivity index (χ3n) is 8.43. The Morgan fingerprint density at radius 3 is 2.65 bits per heavy atom. The number of halogens is 1. The lowest BCUT2D eigenvalue weighted by atomic mass is 9.96. The van der Waals surface area contributed by atoms with Crippen molar-refractivity contribution < 1.29 is 22.3 Å². The van der Waals surface area contributed by atoms with Crippen LogP contribution in [0.2, 0.25) is 0 Å². The number of ether oxygens (including phenoxy) is 1. The Balaban J connectivity index is 1.50. The maximum Gasteiger partial charge on any atom is 0.312 e. The average molecular weight is 612 g/mol. The van der Waals surface area contributed by atoms with Crippen LogP contribution in [0.3, 0.4) is 0 Å². The van der Waals surface area contributed by atoms with E-state index in [9.17, 15) is 22.9 Å². The summed E-state index contributed by atoms with van der Waals surface area (Å²) in [6.45, 7) is 0.960. The number of esters is 1. The molecular weight excluding hydrogens is 586 g/mol. The number of fused-ring (bicyclic) bond motifs is 2. The minimum atomic E-state index is -4.18. The van der Waals surface area contributed by atoms with Crippen molar-refractivity contribution >= 4 is 43.9 Å². The fraction of sp³-hybridized carbons (Fsp3) is 0.212. The van der Waals surface area contributed by atoms with Gasteiger partial charge in [-0.15, -0.1) is 11.3 Å². The van der Waals surface area contributed by atoms with Gasteiger partial charge in [0.2, 0.25) is 0 Å². The molecule has 3 aromatic carbocycles. The number of thiophene rings is 1. The highest BCUT2D eigenvalue weighted by Crippen LogP contribution is 2.46. The zero-order valence-electron chi connectivity index (χ0n) is 23.2. The molecule has 1 saturated heterocycles. The van der Waals surface area contributed by atoms with Crippen molar-refractivity contribution in [1.82, 2.24) is 3.97 Å². The number of aryl methyl sites for hydroxylation is 2. The van der Waals surface area contributed by atoms with E-state index in [4.69, 9.17) is 4.74 Å². The molecule has 1 aliphatic carbocycles. The molecule has 0 atom stereocenters. The lowest BCUT2D eigenvalue weighted by molar-refractivity contribution is -0.146. The van der Waals surface area contributed by atoms with Crippen LogP contribution in [-0.2, 0) is 32.4 Å². The number of hydrogen-bond donors (Lipinski definition) is 0. The van der Waals surface area contributed by atoms with Crippen LogP contribution >= 0.6 is 11.3 Å². The Morgan fingerprint density at radius 1 is 1.05 bits per heavy atom. The number of nitriles is 1. The summed E-state index contributed by atoms with van der Waals surface area (Å²) in [7, 11) is -2.81. The summed E-state index contributed by atoms with van der Waals surface area (Å²) in [6, 6.07) is 20.8. The van der Waals surface area contributed by atoms with E-state index >= 15 is 0 Å². The number of aromatic nitrogens is 1. The molecule has 0 spiro atoms. The van der Waals surface area contributed by atoms with E-state index < -0.39 is 15.8 Å². The molecular formula is C33H26FN3O4S2. The number of nitrogens with zero attached hydrogens (tertiary/aromatic N) is 3. The van der Waals surface area contributed by atoms with Crippen molar-refractivity contribution in [3.8, 4) is 28.5 Å². The van der Waals surface area contributed by atoms with Gasteiger partial charge in [0.05, 0.1) is 29.1 Å². The van der Waals surface area contributed by atoms with Crippen molar-refractivity contribution in [2.45, 2.75) is 24.2 Å². The van der Waals surface area contributed by atoms with Crippen molar-refractivity contribution in [2.75, 3.05) is 25.1 Å². The van der Waals surface area contributed by atoms with Crippen LogP contribution in [0.5, 0.6) is 0 Å². The Labute approximate surface area is 252 Å². The zero-order chi connectivity index (χ0) is 29.9. The van der Waals surface area contributed by atoms with Crippen LogP contribution in [-0.4, -0.2) is 38.6 Å². The first-order valence-electron chi connectivity index (χ1n) is 13.9. The van der Waals surface area contributed by atoms with Crippen molar-refractivity contribution in [3.63, 3.8) is 0 Å². The molecule has 0 saturated carbocycles. The quantitative estimate of drug-likeness (QED) is 0.207. The Bertz CT molecular complexity index is 2080. The predicted molar refractivity (Wildman–Crippen MR) is 164 cm³/mol. The molecule has 216 valence electrons. The first-order chi connectivity index (χ1) is 20.8. The lowest BCUT2D eigenvalue weighted by Gasteiger charge is -2.39. The Kier molecular flexibility index (Phi) is 6.60. The molecule has 0 unspecified atom stereocenters. The fourth-order valence-electron chi connectivity index (χ4n) is 6.28. The van der Waals surface area contributed by atoms with E-state index in [1.807, 2.05) is 35.2 Å². The number of methoxy groups -OCH3 is 1. The maximum atomic E-state index is 14.8. The van der Waals surface area contributed by atoms with E-state index in [1.165, 1.54) is 40.6 Å². The normalized spacial score (nSPS) is 14.9. The molecule has 0 radical (unpaired) electrons. The van der Waals surface area contributed by atoms with Crippen LogP contribution in [0.15, 0.2) is 77.0 Å². The van der Waals surface area contributed by atoms with Crippen molar-refractivity contribution in [1.29, 1.82) is 5.26 Å². The summed E-state index contributed by atoms with van der Waals surface area (Å²) in [5.74, 6) is -1.01. The summed E-state index contributed by atoms with van der Waals surface area (Å²) in [6.07, 6.45) is 2.72. The molecule has 5 aromatic rings. The van der Waals surface area contributed by atoms with Gasteiger partial charge in [0.25, 0.3) is 10.0 Å². The van der Waals surface area contributed by atoms with Gasteiger partial charge in [-0.3, -0.25) is 4.79 Å². The van der Waals surface area contributed by atoms with Gasteiger partial charge in [-0.05, 0) is 84.3 Å². The number of rotatable bonds is 6. The minimum Gasteiger partial charge on any atom is -0.469 e. The molecule has 0 bridgehead atoms. The van der Waals surface area contributed by atoms with E-state index in [0.29, 0.717) is 51.3 Å². The molecule has 0 amide bonds. The van der Waals surface area contributed by atoms with Crippen LogP contribution in [0.4, 0.5) is 10.1 Å². The molecule has 10 heteroatoms.